The number of fused-ring (bicyclic) bond motifs is 1. The number of sulfonamides is 1. The molecule has 1 aliphatic heterocycles. The molecule has 1 aliphatic rings. The molecule has 1 aromatic heterocycles. The lowest BCUT2D eigenvalue weighted by Gasteiger charge is -2.11. The minimum absolute atomic E-state index is 0.0529. The topological polar surface area (TPSA) is 115 Å². The van der Waals surface area contributed by atoms with Crippen LogP contribution in [0, 0.1) is 6.92 Å². The summed E-state index contributed by atoms with van der Waals surface area (Å²) in [6.45, 7) is 3.53. The molecule has 0 bridgehead atoms. The number of aromatic nitrogens is 3. The van der Waals surface area contributed by atoms with Gasteiger partial charge in [-0.05, 0) is 37.5 Å². The van der Waals surface area contributed by atoms with Crippen molar-refractivity contribution in [2.45, 2.75) is 50.5 Å². The van der Waals surface area contributed by atoms with E-state index in [0.717, 1.165) is 37.5 Å². The Kier molecular flexibility index (Phi) is 7.57. The van der Waals surface area contributed by atoms with Crippen LogP contribution in [0.25, 0.3) is 0 Å². The summed E-state index contributed by atoms with van der Waals surface area (Å²) < 4.78 is 34.3. The highest BCUT2D eigenvalue weighted by atomic mass is 32.2. The van der Waals surface area contributed by atoms with E-state index < -0.39 is 10.0 Å². The molecular weight excluding hydrogens is 406 g/mol. The Morgan fingerprint density at radius 3 is 2.83 bits per heavy atom. The van der Waals surface area contributed by atoms with Gasteiger partial charge in [-0.3, -0.25) is 4.79 Å². The first-order chi connectivity index (χ1) is 14.4. The summed E-state index contributed by atoms with van der Waals surface area (Å²) >= 11 is 0. The molecule has 0 aliphatic carbocycles. The molecule has 164 valence electrons. The maximum atomic E-state index is 12.7. The van der Waals surface area contributed by atoms with Crippen molar-refractivity contribution in [3.05, 3.63) is 41.0 Å². The molecule has 2 N–H and O–H groups in total. The lowest BCUT2D eigenvalue weighted by molar-refractivity contribution is 0.0953. The number of nitrogens with zero attached hydrogens (tertiary/aromatic N) is 3. The summed E-state index contributed by atoms with van der Waals surface area (Å²) in [6, 6.07) is 4.54. The summed E-state index contributed by atoms with van der Waals surface area (Å²) in [5.41, 5.74) is 1.05. The van der Waals surface area contributed by atoms with Gasteiger partial charge in [-0.1, -0.05) is 12.5 Å². The Balaban J connectivity index is 1.63. The van der Waals surface area contributed by atoms with Gasteiger partial charge in [0.25, 0.3) is 5.91 Å². The average molecular weight is 436 g/mol. The number of carbonyl (C=O) groups excluding carboxylic acids is 1. The number of benzene rings is 1. The summed E-state index contributed by atoms with van der Waals surface area (Å²) in [6.07, 6.45) is 4.96. The number of aryl methyl sites for hydroxylation is 2. The number of hydrogen-bond donors (Lipinski definition) is 2. The monoisotopic (exact) mass is 435 g/mol. The molecule has 0 atom stereocenters. The lowest BCUT2D eigenvalue weighted by Crippen LogP contribution is -2.29. The van der Waals surface area contributed by atoms with Crippen LogP contribution in [0.2, 0.25) is 0 Å². The van der Waals surface area contributed by atoms with Gasteiger partial charge in [-0.15, -0.1) is 10.2 Å². The minimum Gasteiger partial charge on any atom is -0.383 e. The number of hydrogen-bond acceptors (Lipinski definition) is 6. The Morgan fingerprint density at radius 2 is 2.03 bits per heavy atom. The predicted molar refractivity (Wildman–Crippen MR) is 112 cm³/mol. The second-order valence-electron chi connectivity index (χ2n) is 7.37. The second-order valence-corrected chi connectivity index (χ2v) is 9.13. The standard InChI is InChI=1S/C20H29N5O4S/c1-15-7-8-16(30(27,28)22-11-13-29-2)14-17(15)20(26)21-10-9-19-24-23-18-6-4-3-5-12-25(18)19/h7-8,14,22H,3-6,9-13H2,1-2H3,(H,21,26). The number of rotatable bonds is 9. The fourth-order valence-corrected chi connectivity index (χ4v) is 4.53. The van der Waals surface area contributed by atoms with E-state index in [1.807, 2.05) is 0 Å². The first-order valence-corrected chi connectivity index (χ1v) is 11.7. The van der Waals surface area contributed by atoms with Crippen LogP contribution in [0.3, 0.4) is 0 Å². The molecule has 30 heavy (non-hydrogen) atoms. The SMILES string of the molecule is COCCNS(=O)(=O)c1ccc(C)c(C(=O)NCCc2nnc3n2CCCCC3)c1. The van der Waals surface area contributed by atoms with Crippen molar-refractivity contribution >= 4 is 15.9 Å². The molecule has 2 heterocycles. The molecule has 0 saturated carbocycles. The molecule has 0 fully saturated rings. The van der Waals surface area contributed by atoms with E-state index in [0.29, 0.717) is 24.1 Å². The molecule has 1 aromatic carbocycles. The zero-order chi connectivity index (χ0) is 21.6. The number of nitrogens with one attached hydrogen (secondary N) is 2. The largest absolute Gasteiger partial charge is 0.383 e. The quantitative estimate of drug-likeness (QED) is 0.572. The number of methoxy groups -OCH3 is 1. The van der Waals surface area contributed by atoms with E-state index in [1.54, 1.807) is 13.0 Å². The van der Waals surface area contributed by atoms with Crippen molar-refractivity contribution in [1.29, 1.82) is 0 Å². The zero-order valence-electron chi connectivity index (χ0n) is 17.5. The molecule has 9 nitrogen and oxygen atoms in total. The van der Waals surface area contributed by atoms with E-state index >= 15 is 0 Å². The van der Waals surface area contributed by atoms with E-state index in [-0.39, 0.29) is 24.0 Å². The number of ether oxygens (including phenoxy) is 1. The smallest absolute Gasteiger partial charge is 0.251 e. The Labute approximate surface area is 177 Å². The van der Waals surface area contributed by atoms with Crippen molar-refractivity contribution in [3.63, 3.8) is 0 Å². The molecule has 10 heteroatoms. The van der Waals surface area contributed by atoms with Gasteiger partial charge in [0.2, 0.25) is 10.0 Å². The maximum absolute atomic E-state index is 12.7. The Hall–Kier alpha value is -2.30. The second kappa shape index (κ2) is 10.1. The van der Waals surface area contributed by atoms with Crippen LogP contribution in [-0.2, 0) is 34.1 Å². The first kappa shape index (κ1) is 22.4. The van der Waals surface area contributed by atoms with Crippen molar-refractivity contribution in [1.82, 2.24) is 24.8 Å². The van der Waals surface area contributed by atoms with Gasteiger partial charge in [0.15, 0.2) is 0 Å². The number of amides is 1. The van der Waals surface area contributed by atoms with E-state index in [2.05, 4.69) is 24.8 Å². The van der Waals surface area contributed by atoms with Crippen molar-refractivity contribution in [2.75, 3.05) is 26.8 Å². The third kappa shape index (κ3) is 5.44. The van der Waals surface area contributed by atoms with Gasteiger partial charge >= 0.3 is 0 Å². The number of carbonyl (C=O) groups is 1. The van der Waals surface area contributed by atoms with E-state index in [1.165, 1.54) is 25.7 Å². The van der Waals surface area contributed by atoms with Crippen LogP contribution in [-0.4, -0.2) is 55.9 Å². The highest BCUT2D eigenvalue weighted by Gasteiger charge is 2.18. The van der Waals surface area contributed by atoms with Gasteiger partial charge in [0.05, 0.1) is 11.5 Å². The fraction of sp³-hybridized carbons (Fsp3) is 0.550. The maximum Gasteiger partial charge on any atom is 0.251 e. The van der Waals surface area contributed by atoms with Crippen molar-refractivity contribution in [2.24, 2.45) is 0 Å². The average Bonchev–Trinajstić information content (AvgIpc) is 2.94. The third-order valence-corrected chi connectivity index (χ3v) is 6.64. The zero-order valence-corrected chi connectivity index (χ0v) is 18.3. The molecule has 3 rings (SSSR count). The molecule has 0 unspecified atom stereocenters. The van der Waals surface area contributed by atoms with Gasteiger partial charge in [-0.25, -0.2) is 13.1 Å². The van der Waals surface area contributed by atoms with Gasteiger partial charge in [0.1, 0.15) is 11.6 Å². The summed E-state index contributed by atoms with van der Waals surface area (Å²) in [7, 11) is -2.21. The summed E-state index contributed by atoms with van der Waals surface area (Å²) in [5, 5.41) is 11.4. The predicted octanol–water partition coefficient (Wildman–Crippen LogP) is 1.21. The van der Waals surface area contributed by atoms with Gasteiger partial charge in [0, 0.05) is 45.1 Å². The van der Waals surface area contributed by atoms with Crippen molar-refractivity contribution < 1.29 is 17.9 Å². The Morgan fingerprint density at radius 1 is 1.20 bits per heavy atom. The summed E-state index contributed by atoms with van der Waals surface area (Å²) in [5.74, 6) is 1.59. The Bertz CT molecular complexity index is 987. The van der Waals surface area contributed by atoms with Crippen LogP contribution < -0.4 is 10.0 Å². The minimum atomic E-state index is -3.71. The highest BCUT2D eigenvalue weighted by Crippen LogP contribution is 2.17. The normalized spacial score (nSPS) is 14.2. The fourth-order valence-electron chi connectivity index (χ4n) is 3.49. The van der Waals surface area contributed by atoms with E-state index in [9.17, 15) is 13.2 Å². The van der Waals surface area contributed by atoms with Gasteiger partial charge in [-0.2, -0.15) is 0 Å². The van der Waals surface area contributed by atoms with Crippen LogP contribution in [0.5, 0.6) is 0 Å². The highest BCUT2D eigenvalue weighted by molar-refractivity contribution is 7.89. The first-order valence-electron chi connectivity index (χ1n) is 10.2. The van der Waals surface area contributed by atoms with Crippen molar-refractivity contribution in [3.8, 4) is 0 Å². The van der Waals surface area contributed by atoms with Crippen LogP contribution in [0.1, 0.15) is 46.8 Å². The van der Waals surface area contributed by atoms with Crippen LogP contribution in [0.4, 0.5) is 0 Å². The molecule has 0 saturated heterocycles. The molecule has 0 radical (unpaired) electrons. The van der Waals surface area contributed by atoms with Crippen LogP contribution >= 0.6 is 0 Å². The molecule has 0 spiro atoms. The van der Waals surface area contributed by atoms with Crippen LogP contribution in [0.15, 0.2) is 23.1 Å². The van der Waals surface area contributed by atoms with E-state index in [4.69, 9.17) is 4.74 Å². The van der Waals surface area contributed by atoms with Gasteiger partial charge < -0.3 is 14.6 Å². The molecule has 1 amide bonds. The molecule has 2 aromatic rings. The molecular formula is C20H29N5O4S. The summed E-state index contributed by atoms with van der Waals surface area (Å²) in [4.78, 5) is 12.7. The third-order valence-electron chi connectivity index (χ3n) is 5.18. The lowest BCUT2D eigenvalue weighted by atomic mass is 10.1.